The second-order valence-corrected chi connectivity index (χ2v) is 11.5. The molecule has 0 saturated heterocycles. The largest absolute Gasteiger partial charge is 0.491 e. The van der Waals surface area contributed by atoms with E-state index in [0.717, 1.165) is 49.3 Å². The van der Waals surface area contributed by atoms with Crippen molar-refractivity contribution in [1.82, 2.24) is 0 Å². The van der Waals surface area contributed by atoms with E-state index in [4.69, 9.17) is 14.2 Å². The first-order chi connectivity index (χ1) is 21.4. The molecule has 0 aliphatic carbocycles. The summed E-state index contributed by atoms with van der Waals surface area (Å²) >= 11 is 0. The van der Waals surface area contributed by atoms with Gasteiger partial charge in [-0.2, -0.15) is 0 Å². The van der Waals surface area contributed by atoms with Crippen molar-refractivity contribution >= 4 is 11.9 Å². The van der Waals surface area contributed by atoms with Crippen molar-refractivity contribution < 1.29 is 28.2 Å². The first-order valence-corrected chi connectivity index (χ1v) is 16.5. The Labute approximate surface area is 263 Å². The molecule has 0 aromatic heterocycles. The average molecular weight is 605 g/mol. The fraction of sp³-hybridized carbons (Fsp3) is 0.474. The molecule has 0 fully saturated rings. The summed E-state index contributed by atoms with van der Waals surface area (Å²) in [5.41, 5.74) is 2.11. The van der Waals surface area contributed by atoms with Crippen molar-refractivity contribution in [3.8, 4) is 22.6 Å². The summed E-state index contributed by atoms with van der Waals surface area (Å²) in [6, 6.07) is 18.3. The van der Waals surface area contributed by atoms with Crippen LogP contribution in [-0.4, -0.2) is 24.6 Å². The summed E-state index contributed by atoms with van der Waals surface area (Å²) in [5, 5.41) is 0. The van der Waals surface area contributed by atoms with E-state index >= 15 is 0 Å². The van der Waals surface area contributed by atoms with Crippen molar-refractivity contribution in [2.75, 3.05) is 6.61 Å². The maximum Gasteiger partial charge on any atom is 0.343 e. The zero-order chi connectivity index (χ0) is 31.6. The van der Waals surface area contributed by atoms with Gasteiger partial charge in [-0.15, -0.1) is 0 Å². The van der Waals surface area contributed by atoms with Crippen LogP contribution >= 0.6 is 0 Å². The Morgan fingerprint density at radius 3 is 2.05 bits per heavy atom. The number of rotatable bonds is 20. The molecule has 5 nitrogen and oxygen atoms in total. The number of esters is 2. The summed E-state index contributed by atoms with van der Waals surface area (Å²) in [6.07, 6.45) is 14.7. The van der Waals surface area contributed by atoms with Gasteiger partial charge in [0.1, 0.15) is 5.75 Å². The van der Waals surface area contributed by atoms with E-state index in [2.05, 4.69) is 13.8 Å². The predicted molar refractivity (Wildman–Crippen MR) is 175 cm³/mol. The summed E-state index contributed by atoms with van der Waals surface area (Å²) in [6.45, 7) is 6.76. The molecule has 0 aliphatic rings. The lowest BCUT2D eigenvalue weighted by Gasteiger charge is -2.15. The van der Waals surface area contributed by atoms with E-state index in [1.165, 1.54) is 63.5 Å². The molecule has 0 saturated carbocycles. The third kappa shape index (κ3) is 11.8. The smallest absolute Gasteiger partial charge is 0.343 e. The molecule has 3 rings (SSSR count). The lowest BCUT2D eigenvalue weighted by Crippen LogP contribution is -2.15. The van der Waals surface area contributed by atoms with Gasteiger partial charge in [0.15, 0.2) is 11.6 Å². The Bertz CT molecular complexity index is 1290. The van der Waals surface area contributed by atoms with Gasteiger partial charge in [0, 0.05) is 0 Å². The fourth-order valence-electron chi connectivity index (χ4n) is 5.11. The van der Waals surface area contributed by atoms with Gasteiger partial charge in [-0.1, -0.05) is 108 Å². The van der Waals surface area contributed by atoms with Crippen molar-refractivity contribution in [2.24, 2.45) is 0 Å². The van der Waals surface area contributed by atoms with Crippen LogP contribution in [0.4, 0.5) is 4.39 Å². The van der Waals surface area contributed by atoms with Gasteiger partial charge in [-0.05, 0) is 73.7 Å². The second kappa shape index (κ2) is 19.6. The van der Waals surface area contributed by atoms with Crippen molar-refractivity contribution in [3.05, 3.63) is 83.7 Å². The zero-order valence-corrected chi connectivity index (χ0v) is 26.7. The van der Waals surface area contributed by atoms with Gasteiger partial charge in [-0.3, -0.25) is 0 Å². The third-order valence-corrected chi connectivity index (χ3v) is 7.72. The van der Waals surface area contributed by atoms with E-state index in [0.29, 0.717) is 17.9 Å². The van der Waals surface area contributed by atoms with Crippen LogP contribution in [0.1, 0.15) is 125 Å². The Morgan fingerprint density at radius 2 is 1.36 bits per heavy atom. The average Bonchev–Trinajstić information content (AvgIpc) is 3.03. The van der Waals surface area contributed by atoms with Gasteiger partial charge >= 0.3 is 11.9 Å². The topological polar surface area (TPSA) is 61.8 Å². The molecule has 0 unspecified atom stereocenters. The molecule has 3 aromatic rings. The first kappa shape index (κ1) is 34.8. The molecular weight excluding hydrogens is 555 g/mol. The quantitative estimate of drug-likeness (QED) is 0.0729. The Kier molecular flexibility index (Phi) is 15.5. The minimum absolute atomic E-state index is 0.0999. The monoisotopic (exact) mass is 604 g/mol. The number of unbranched alkanes of at least 4 members (excludes halogenated alkanes) is 10. The summed E-state index contributed by atoms with van der Waals surface area (Å²) < 4.78 is 31.5. The van der Waals surface area contributed by atoms with Gasteiger partial charge in [0.2, 0.25) is 0 Å². The minimum Gasteiger partial charge on any atom is -0.491 e. The van der Waals surface area contributed by atoms with Crippen molar-refractivity contribution in [3.63, 3.8) is 0 Å². The molecule has 0 bridgehead atoms. The lowest BCUT2D eigenvalue weighted by molar-refractivity contribution is 0.0320. The number of halogens is 1. The molecule has 1 atom stereocenters. The van der Waals surface area contributed by atoms with Crippen LogP contribution in [0.5, 0.6) is 11.5 Å². The number of ether oxygens (including phenoxy) is 3. The molecule has 6 heteroatoms. The normalized spacial score (nSPS) is 11.6. The van der Waals surface area contributed by atoms with Crippen LogP contribution < -0.4 is 9.47 Å². The van der Waals surface area contributed by atoms with Gasteiger partial charge in [0.25, 0.3) is 0 Å². The van der Waals surface area contributed by atoms with Crippen LogP contribution in [0.2, 0.25) is 0 Å². The van der Waals surface area contributed by atoms with E-state index in [1.54, 1.807) is 30.3 Å². The molecule has 0 radical (unpaired) electrons. The van der Waals surface area contributed by atoms with Gasteiger partial charge in [0.05, 0.1) is 23.8 Å². The summed E-state index contributed by atoms with van der Waals surface area (Å²) in [4.78, 5) is 25.7. The molecule has 0 spiro atoms. The molecule has 0 heterocycles. The molecule has 44 heavy (non-hydrogen) atoms. The number of hydrogen-bond donors (Lipinski definition) is 0. The van der Waals surface area contributed by atoms with Crippen molar-refractivity contribution in [1.29, 1.82) is 0 Å². The molecule has 0 N–H and O–H groups in total. The zero-order valence-electron chi connectivity index (χ0n) is 26.7. The summed E-state index contributed by atoms with van der Waals surface area (Å²) in [7, 11) is 0. The van der Waals surface area contributed by atoms with E-state index in [1.807, 2.05) is 25.1 Å². The van der Waals surface area contributed by atoms with Gasteiger partial charge < -0.3 is 14.2 Å². The van der Waals surface area contributed by atoms with Crippen LogP contribution in [-0.2, 0) is 4.74 Å². The highest BCUT2D eigenvalue weighted by atomic mass is 19.1. The molecule has 0 amide bonds. The molecular formula is C38H49FO5. The second-order valence-electron chi connectivity index (χ2n) is 11.5. The number of hydrogen-bond acceptors (Lipinski definition) is 5. The Morgan fingerprint density at radius 1 is 0.727 bits per heavy atom. The maximum absolute atomic E-state index is 14.6. The number of carbonyl (C=O) groups excluding carboxylic acids is 2. The highest BCUT2D eigenvalue weighted by Gasteiger charge is 2.17. The molecule has 238 valence electrons. The van der Waals surface area contributed by atoms with Crippen LogP contribution in [0.3, 0.4) is 0 Å². The summed E-state index contributed by atoms with van der Waals surface area (Å²) in [5.74, 6) is -1.16. The highest BCUT2D eigenvalue weighted by molar-refractivity contribution is 5.97. The SMILES string of the molecule is CCCCCCCCCCOc1ccc(C(=O)Oc2ccc(-c3ccccc3C(=O)O[C@H](C)CCCCCC)cc2)cc1F. The predicted octanol–water partition coefficient (Wildman–Crippen LogP) is 10.7. The van der Waals surface area contributed by atoms with Crippen LogP contribution in [0.25, 0.3) is 11.1 Å². The van der Waals surface area contributed by atoms with Crippen LogP contribution in [0, 0.1) is 5.82 Å². The minimum atomic E-state index is -0.664. The van der Waals surface area contributed by atoms with Crippen molar-refractivity contribution in [2.45, 2.75) is 110 Å². The Balaban J connectivity index is 1.51. The third-order valence-electron chi connectivity index (χ3n) is 7.72. The van der Waals surface area contributed by atoms with Crippen LogP contribution in [0.15, 0.2) is 66.7 Å². The lowest BCUT2D eigenvalue weighted by atomic mass is 9.99. The first-order valence-electron chi connectivity index (χ1n) is 16.5. The number of carbonyl (C=O) groups is 2. The standard InChI is InChI=1S/C38H49FO5/c1-4-6-8-10-11-12-13-17-27-42-36-26-23-31(28-35(36)39)37(40)44-32-24-21-30(22-25-32)33-19-15-16-20-34(33)38(41)43-29(3)18-14-9-7-5-2/h15-16,19-26,28-29H,4-14,17-18,27H2,1-3H3/t29-/m1/s1. The number of benzene rings is 3. The molecule has 0 aliphatic heterocycles. The highest BCUT2D eigenvalue weighted by Crippen LogP contribution is 2.28. The fourth-order valence-corrected chi connectivity index (χ4v) is 5.11. The van der Waals surface area contributed by atoms with E-state index < -0.39 is 11.8 Å². The van der Waals surface area contributed by atoms with Gasteiger partial charge in [-0.25, -0.2) is 14.0 Å². The Hall–Kier alpha value is -3.67. The molecule has 3 aromatic carbocycles. The van der Waals surface area contributed by atoms with E-state index in [-0.39, 0.29) is 23.4 Å². The van der Waals surface area contributed by atoms with E-state index in [9.17, 15) is 14.0 Å². The maximum atomic E-state index is 14.6.